The van der Waals surface area contributed by atoms with Gasteiger partial charge in [-0.3, -0.25) is 9.59 Å². The number of halogens is 1. The molecule has 0 radical (unpaired) electrons. The van der Waals surface area contributed by atoms with Crippen molar-refractivity contribution in [2.45, 2.75) is 25.8 Å². The summed E-state index contributed by atoms with van der Waals surface area (Å²) < 4.78 is 0.990. The van der Waals surface area contributed by atoms with Crippen molar-refractivity contribution in [3.8, 4) is 6.07 Å². The lowest BCUT2D eigenvalue weighted by molar-refractivity contribution is -0.132. The maximum Gasteiger partial charge on any atom is 0.227 e. The van der Waals surface area contributed by atoms with Gasteiger partial charge in [-0.2, -0.15) is 5.26 Å². The first-order valence-electron chi connectivity index (χ1n) is 8.72. The molecule has 0 N–H and O–H groups in total. The molecule has 0 aliphatic heterocycles. The van der Waals surface area contributed by atoms with Crippen LogP contribution in [0.25, 0.3) is 0 Å². The molecular weight excluding hydrogens is 406 g/mol. The molecule has 2 aromatic carbocycles. The lowest BCUT2D eigenvalue weighted by atomic mass is 10.2. The second-order valence-corrected chi connectivity index (χ2v) is 7.08. The van der Waals surface area contributed by atoms with Gasteiger partial charge in [0.25, 0.3) is 0 Å². The molecule has 27 heavy (non-hydrogen) atoms. The predicted molar refractivity (Wildman–Crippen MR) is 109 cm³/mol. The third kappa shape index (κ3) is 6.54. The predicted octanol–water partition coefficient (Wildman–Crippen LogP) is 4.13. The number of nitriles is 1. The topological polar surface area (TPSA) is 64.4 Å². The molecule has 2 rings (SSSR count). The number of hydrogen-bond acceptors (Lipinski definition) is 3. The van der Waals surface area contributed by atoms with Gasteiger partial charge in [-0.25, -0.2) is 0 Å². The van der Waals surface area contributed by atoms with Crippen molar-refractivity contribution < 1.29 is 9.59 Å². The van der Waals surface area contributed by atoms with E-state index in [0.29, 0.717) is 13.1 Å². The van der Waals surface area contributed by atoms with Gasteiger partial charge in [0.1, 0.15) is 0 Å². The van der Waals surface area contributed by atoms with Crippen LogP contribution in [0.2, 0.25) is 0 Å². The fourth-order valence-electron chi connectivity index (χ4n) is 2.66. The van der Waals surface area contributed by atoms with E-state index in [2.05, 4.69) is 22.0 Å². The van der Waals surface area contributed by atoms with Gasteiger partial charge in [-0.15, -0.1) is 0 Å². The quantitative estimate of drug-likeness (QED) is 0.635. The summed E-state index contributed by atoms with van der Waals surface area (Å²) in [5.41, 5.74) is 1.77. The van der Waals surface area contributed by atoms with Crippen molar-refractivity contribution in [1.82, 2.24) is 4.90 Å². The van der Waals surface area contributed by atoms with Crippen LogP contribution in [-0.4, -0.2) is 30.3 Å². The second kappa shape index (κ2) is 10.5. The zero-order valence-electron chi connectivity index (χ0n) is 15.3. The molecule has 2 amide bonds. The first kappa shape index (κ1) is 20.7. The van der Waals surface area contributed by atoms with Crippen LogP contribution in [0.1, 0.15) is 24.8 Å². The number of rotatable bonds is 8. The van der Waals surface area contributed by atoms with E-state index in [1.54, 1.807) is 16.8 Å². The maximum absolute atomic E-state index is 12.6. The van der Waals surface area contributed by atoms with E-state index < -0.39 is 0 Å². The van der Waals surface area contributed by atoms with Gasteiger partial charge >= 0.3 is 0 Å². The molecule has 0 heterocycles. The molecule has 5 nitrogen and oxygen atoms in total. The van der Waals surface area contributed by atoms with E-state index in [4.69, 9.17) is 5.26 Å². The van der Waals surface area contributed by atoms with Gasteiger partial charge in [-0.1, -0.05) is 46.3 Å². The van der Waals surface area contributed by atoms with Gasteiger partial charge < -0.3 is 9.80 Å². The number of amides is 2. The fourth-order valence-corrected chi connectivity index (χ4v) is 2.92. The maximum atomic E-state index is 12.6. The van der Waals surface area contributed by atoms with Crippen LogP contribution in [0.5, 0.6) is 0 Å². The highest BCUT2D eigenvalue weighted by Crippen LogP contribution is 2.16. The molecular formula is C21H22BrN3O2. The standard InChI is InChI=1S/C21H22BrN3O2/c1-24(16-17-8-10-18(22)11-9-17)20(26)12-13-21(27)25(15-5-14-23)19-6-3-2-4-7-19/h2-4,6-11H,5,12-13,15-16H2,1H3. The molecule has 0 spiro atoms. The van der Waals surface area contributed by atoms with Gasteiger partial charge in [0.05, 0.1) is 12.5 Å². The SMILES string of the molecule is CN(Cc1ccc(Br)cc1)C(=O)CCC(=O)N(CCC#N)c1ccccc1. The molecule has 0 aliphatic rings. The minimum Gasteiger partial charge on any atom is -0.341 e. The number of anilines is 1. The summed E-state index contributed by atoms with van der Waals surface area (Å²) in [5, 5.41) is 8.84. The van der Waals surface area contributed by atoms with Crippen LogP contribution in [0.4, 0.5) is 5.69 Å². The van der Waals surface area contributed by atoms with Crippen molar-refractivity contribution in [1.29, 1.82) is 5.26 Å². The Balaban J connectivity index is 1.92. The van der Waals surface area contributed by atoms with Crippen molar-refractivity contribution in [2.75, 3.05) is 18.5 Å². The van der Waals surface area contributed by atoms with Gasteiger partial charge in [-0.05, 0) is 29.8 Å². The Morgan fingerprint density at radius 3 is 2.26 bits per heavy atom. The lowest BCUT2D eigenvalue weighted by Crippen LogP contribution is -2.33. The second-order valence-electron chi connectivity index (χ2n) is 6.17. The summed E-state index contributed by atoms with van der Waals surface area (Å²) in [5.74, 6) is -0.235. The molecule has 2 aromatic rings. The zero-order chi connectivity index (χ0) is 19.6. The number of carbonyl (C=O) groups is 2. The van der Waals surface area contributed by atoms with Gasteiger partial charge in [0, 0.05) is 43.1 Å². The van der Waals surface area contributed by atoms with E-state index in [1.165, 1.54) is 0 Å². The Kier molecular flexibility index (Phi) is 8.02. The molecule has 6 heteroatoms. The average molecular weight is 428 g/mol. The van der Waals surface area contributed by atoms with Crippen LogP contribution < -0.4 is 4.90 Å². The largest absolute Gasteiger partial charge is 0.341 e. The highest BCUT2D eigenvalue weighted by atomic mass is 79.9. The fraction of sp³-hybridized carbons (Fsp3) is 0.286. The number of para-hydroxylation sites is 1. The van der Waals surface area contributed by atoms with Crippen LogP contribution in [0, 0.1) is 11.3 Å². The lowest BCUT2D eigenvalue weighted by Gasteiger charge is -2.22. The van der Waals surface area contributed by atoms with Crippen molar-refractivity contribution in [3.05, 3.63) is 64.6 Å². The third-order valence-electron chi connectivity index (χ3n) is 4.13. The van der Waals surface area contributed by atoms with Crippen molar-refractivity contribution >= 4 is 33.4 Å². The van der Waals surface area contributed by atoms with Crippen molar-refractivity contribution in [2.24, 2.45) is 0 Å². The Hall–Kier alpha value is -2.65. The molecule has 0 fully saturated rings. The summed E-state index contributed by atoms with van der Waals surface area (Å²) in [6, 6.07) is 19.1. The summed E-state index contributed by atoms with van der Waals surface area (Å²) in [6.45, 7) is 0.819. The highest BCUT2D eigenvalue weighted by molar-refractivity contribution is 9.10. The Bertz CT molecular complexity index is 800. The summed E-state index contributed by atoms with van der Waals surface area (Å²) in [4.78, 5) is 28.2. The normalized spacial score (nSPS) is 10.1. The summed E-state index contributed by atoms with van der Waals surface area (Å²) in [6.07, 6.45) is 0.504. The number of carbonyl (C=O) groups excluding carboxylic acids is 2. The average Bonchev–Trinajstić information content (AvgIpc) is 2.69. The van der Waals surface area contributed by atoms with Crippen LogP contribution in [0.15, 0.2) is 59.1 Å². The first-order chi connectivity index (χ1) is 13.0. The van der Waals surface area contributed by atoms with E-state index in [-0.39, 0.29) is 31.1 Å². The number of hydrogen-bond donors (Lipinski definition) is 0. The number of nitrogens with zero attached hydrogens (tertiary/aromatic N) is 3. The van der Waals surface area contributed by atoms with Crippen LogP contribution in [-0.2, 0) is 16.1 Å². The molecule has 0 atom stereocenters. The molecule has 140 valence electrons. The Morgan fingerprint density at radius 1 is 1.00 bits per heavy atom. The molecule has 0 saturated heterocycles. The van der Waals surface area contributed by atoms with Gasteiger partial charge in [0.2, 0.25) is 11.8 Å². The molecule has 0 saturated carbocycles. The van der Waals surface area contributed by atoms with Crippen LogP contribution in [0.3, 0.4) is 0 Å². The zero-order valence-corrected chi connectivity index (χ0v) is 16.9. The molecule has 0 aromatic heterocycles. The minimum absolute atomic E-state index is 0.0837. The van der Waals surface area contributed by atoms with Crippen molar-refractivity contribution in [3.63, 3.8) is 0 Å². The van der Waals surface area contributed by atoms with E-state index in [0.717, 1.165) is 15.7 Å². The minimum atomic E-state index is -0.151. The smallest absolute Gasteiger partial charge is 0.227 e. The van der Waals surface area contributed by atoms with Gasteiger partial charge in [0.15, 0.2) is 0 Å². The number of benzene rings is 2. The van der Waals surface area contributed by atoms with E-state index in [9.17, 15) is 9.59 Å². The third-order valence-corrected chi connectivity index (χ3v) is 4.66. The monoisotopic (exact) mass is 427 g/mol. The van der Waals surface area contributed by atoms with E-state index >= 15 is 0 Å². The summed E-state index contributed by atoms with van der Waals surface area (Å²) >= 11 is 3.39. The Labute approximate surface area is 168 Å². The summed E-state index contributed by atoms with van der Waals surface area (Å²) in [7, 11) is 1.74. The van der Waals surface area contributed by atoms with E-state index in [1.807, 2.05) is 54.6 Å². The Morgan fingerprint density at radius 2 is 1.63 bits per heavy atom. The first-order valence-corrected chi connectivity index (χ1v) is 9.51. The van der Waals surface area contributed by atoms with Crippen LogP contribution >= 0.6 is 15.9 Å². The molecule has 0 unspecified atom stereocenters. The highest BCUT2D eigenvalue weighted by Gasteiger charge is 2.18. The molecule has 0 bridgehead atoms. The molecule has 0 aliphatic carbocycles.